The van der Waals surface area contributed by atoms with Gasteiger partial charge >= 0.3 is 0 Å². The van der Waals surface area contributed by atoms with E-state index in [1.807, 2.05) is 0 Å². The number of aromatic nitrogens is 2. The maximum absolute atomic E-state index is 12.3. The van der Waals surface area contributed by atoms with Crippen molar-refractivity contribution in [3.63, 3.8) is 0 Å². The van der Waals surface area contributed by atoms with Crippen molar-refractivity contribution in [1.29, 1.82) is 0 Å². The zero-order valence-corrected chi connectivity index (χ0v) is 11.6. The van der Waals surface area contributed by atoms with Gasteiger partial charge in [-0.15, -0.1) is 0 Å². The molecule has 0 aliphatic heterocycles. The van der Waals surface area contributed by atoms with Gasteiger partial charge < -0.3 is 5.73 Å². The Kier molecular flexibility index (Phi) is 3.59. The Bertz CT molecular complexity index is 692. The molecule has 0 saturated heterocycles. The van der Waals surface area contributed by atoms with Crippen molar-refractivity contribution in [2.24, 2.45) is 12.8 Å². The van der Waals surface area contributed by atoms with Crippen LogP contribution in [0, 0.1) is 6.92 Å². The molecule has 7 heteroatoms. The number of hydrogen-bond donors (Lipinski definition) is 2. The second-order valence-electron chi connectivity index (χ2n) is 4.25. The highest BCUT2D eigenvalue weighted by atomic mass is 32.2. The molecule has 102 valence electrons. The molecule has 6 nitrogen and oxygen atoms in total. The van der Waals surface area contributed by atoms with Crippen LogP contribution in [0.2, 0.25) is 0 Å². The third kappa shape index (κ3) is 2.77. The van der Waals surface area contributed by atoms with Gasteiger partial charge in [-0.2, -0.15) is 5.10 Å². The van der Waals surface area contributed by atoms with Gasteiger partial charge in [-0.3, -0.25) is 9.40 Å². The minimum absolute atomic E-state index is 0.222. The summed E-state index contributed by atoms with van der Waals surface area (Å²) in [5.74, 6) is 0.272. The summed E-state index contributed by atoms with van der Waals surface area (Å²) in [5, 5.41) is 4.07. The first-order valence-corrected chi connectivity index (χ1v) is 7.23. The number of benzene rings is 1. The van der Waals surface area contributed by atoms with Gasteiger partial charge in [0.2, 0.25) is 0 Å². The predicted octanol–water partition coefficient (Wildman–Crippen LogP) is 0.988. The number of anilines is 1. The lowest BCUT2D eigenvalue weighted by atomic mass is 10.2. The summed E-state index contributed by atoms with van der Waals surface area (Å²) in [6.45, 7) is 1.97. The van der Waals surface area contributed by atoms with E-state index >= 15 is 0 Å². The Morgan fingerprint density at radius 2 is 2.05 bits per heavy atom. The first kappa shape index (κ1) is 13.6. The molecular weight excluding hydrogens is 264 g/mol. The first-order valence-electron chi connectivity index (χ1n) is 5.75. The van der Waals surface area contributed by atoms with Gasteiger partial charge in [-0.05, 0) is 18.6 Å². The average molecular weight is 280 g/mol. The molecule has 0 aliphatic rings. The van der Waals surface area contributed by atoms with E-state index < -0.39 is 10.0 Å². The lowest BCUT2D eigenvalue weighted by Crippen LogP contribution is -2.16. The molecule has 0 unspecified atom stereocenters. The minimum Gasteiger partial charge on any atom is -0.326 e. The molecule has 0 bridgehead atoms. The van der Waals surface area contributed by atoms with Crippen LogP contribution < -0.4 is 10.5 Å². The van der Waals surface area contributed by atoms with Gasteiger partial charge in [0.1, 0.15) is 0 Å². The Hall–Kier alpha value is -1.86. The number of hydrogen-bond acceptors (Lipinski definition) is 4. The van der Waals surface area contributed by atoms with Crippen LogP contribution in [0.5, 0.6) is 0 Å². The summed E-state index contributed by atoms with van der Waals surface area (Å²) < 4.78 is 28.6. The highest BCUT2D eigenvalue weighted by molar-refractivity contribution is 7.92. The molecule has 2 aromatic rings. The topological polar surface area (TPSA) is 90.0 Å². The Balaban J connectivity index is 2.39. The third-order valence-corrected chi connectivity index (χ3v) is 4.24. The highest BCUT2D eigenvalue weighted by Crippen LogP contribution is 2.20. The molecule has 0 aliphatic carbocycles. The zero-order chi connectivity index (χ0) is 14.0. The van der Waals surface area contributed by atoms with Crippen LogP contribution in [0.25, 0.3) is 0 Å². The number of sulfonamides is 1. The molecule has 1 heterocycles. The molecule has 0 radical (unpaired) electrons. The molecule has 0 atom stereocenters. The minimum atomic E-state index is -3.64. The summed E-state index contributed by atoms with van der Waals surface area (Å²) in [5.41, 5.74) is 6.90. The van der Waals surface area contributed by atoms with Gasteiger partial charge in [-0.25, -0.2) is 8.42 Å². The maximum atomic E-state index is 12.3. The van der Waals surface area contributed by atoms with E-state index in [1.54, 1.807) is 44.4 Å². The van der Waals surface area contributed by atoms with E-state index in [4.69, 9.17) is 5.73 Å². The molecule has 19 heavy (non-hydrogen) atoms. The highest BCUT2D eigenvalue weighted by Gasteiger charge is 2.19. The maximum Gasteiger partial charge on any atom is 0.263 e. The van der Waals surface area contributed by atoms with Crippen molar-refractivity contribution in [3.8, 4) is 0 Å². The fraction of sp³-hybridized carbons (Fsp3) is 0.250. The molecule has 1 aromatic carbocycles. The van der Waals surface area contributed by atoms with Crippen molar-refractivity contribution in [2.75, 3.05) is 4.72 Å². The molecule has 0 spiro atoms. The fourth-order valence-corrected chi connectivity index (χ4v) is 3.10. The second-order valence-corrected chi connectivity index (χ2v) is 5.90. The summed E-state index contributed by atoms with van der Waals surface area (Å²) >= 11 is 0. The number of aryl methyl sites for hydroxylation is 2. The SMILES string of the molecule is Cc1ccccc1S(=O)(=O)Nc1nn(C)cc1CN. The van der Waals surface area contributed by atoms with Crippen LogP contribution >= 0.6 is 0 Å². The fourth-order valence-electron chi connectivity index (χ4n) is 1.81. The standard InChI is InChI=1S/C12H16N4O2S/c1-9-5-3-4-6-11(9)19(17,18)15-12-10(7-13)8-16(2)14-12/h3-6,8H,7,13H2,1-2H3,(H,14,15). The molecule has 3 N–H and O–H groups in total. The summed E-state index contributed by atoms with van der Waals surface area (Å²) in [6, 6.07) is 6.78. The normalized spacial score (nSPS) is 11.5. The van der Waals surface area contributed by atoms with Crippen molar-refractivity contribution < 1.29 is 8.42 Å². The number of rotatable bonds is 4. The quantitative estimate of drug-likeness (QED) is 0.873. The molecule has 0 fully saturated rings. The van der Waals surface area contributed by atoms with Gasteiger partial charge in [0.15, 0.2) is 5.82 Å². The van der Waals surface area contributed by atoms with Gasteiger partial charge in [0.25, 0.3) is 10.0 Å². The monoisotopic (exact) mass is 280 g/mol. The van der Waals surface area contributed by atoms with Gasteiger partial charge in [0.05, 0.1) is 4.90 Å². The average Bonchev–Trinajstić information content (AvgIpc) is 2.69. The third-order valence-electron chi connectivity index (χ3n) is 2.74. The lowest BCUT2D eigenvalue weighted by Gasteiger charge is -2.09. The van der Waals surface area contributed by atoms with Crippen LogP contribution in [0.15, 0.2) is 35.4 Å². The van der Waals surface area contributed by atoms with Crippen molar-refractivity contribution >= 4 is 15.8 Å². The van der Waals surface area contributed by atoms with Crippen molar-refractivity contribution in [1.82, 2.24) is 9.78 Å². The molecular formula is C12H16N4O2S. The predicted molar refractivity (Wildman–Crippen MR) is 73.1 cm³/mol. The van der Waals surface area contributed by atoms with Crippen LogP contribution in [0.1, 0.15) is 11.1 Å². The van der Waals surface area contributed by atoms with E-state index in [9.17, 15) is 8.42 Å². The smallest absolute Gasteiger partial charge is 0.263 e. The largest absolute Gasteiger partial charge is 0.326 e. The Labute approximate surface area is 112 Å². The van der Waals surface area contributed by atoms with Crippen LogP contribution in [0.4, 0.5) is 5.82 Å². The molecule has 1 aromatic heterocycles. The van der Waals surface area contributed by atoms with E-state index in [0.29, 0.717) is 11.1 Å². The second kappa shape index (κ2) is 5.02. The zero-order valence-electron chi connectivity index (χ0n) is 10.8. The van der Waals surface area contributed by atoms with Crippen LogP contribution in [-0.2, 0) is 23.6 Å². The summed E-state index contributed by atoms with van der Waals surface area (Å²) in [4.78, 5) is 0.239. The Morgan fingerprint density at radius 1 is 1.37 bits per heavy atom. The van der Waals surface area contributed by atoms with Crippen molar-refractivity contribution in [3.05, 3.63) is 41.6 Å². The van der Waals surface area contributed by atoms with E-state index in [0.717, 1.165) is 0 Å². The number of nitrogens with two attached hydrogens (primary N) is 1. The lowest BCUT2D eigenvalue weighted by molar-refractivity contribution is 0.600. The first-order chi connectivity index (χ1) is 8.94. The van der Waals surface area contributed by atoms with E-state index in [1.165, 1.54) is 4.68 Å². The van der Waals surface area contributed by atoms with Crippen LogP contribution in [-0.4, -0.2) is 18.2 Å². The summed E-state index contributed by atoms with van der Waals surface area (Å²) in [6.07, 6.45) is 1.69. The number of nitrogens with zero attached hydrogens (tertiary/aromatic N) is 2. The summed E-state index contributed by atoms with van der Waals surface area (Å²) in [7, 11) is -1.93. The van der Waals surface area contributed by atoms with Gasteiger partial charge in [0, 0.05) is 25.4 Å². The van der Waals surface area contributed by atoms with E-state index in [-0.39, 0.29) is 17.3 Å². The molecule has 2 rings (SSSR count). The Morgan fingerprint density at radius 3 is 2.68 bits per heavy atom. The van der Waals surface area contributed by atoms with Gasteiger partial charge in [-0.1, -0.05) is 18.2 Å². The molecule has 0 saturated carbocycles. The van der Waals surface area contributed by atoms with E-state index in [2.05, 4.69) is 9.82 Å². The molecule has 0 amide bonds. The van der Waals surface area contributed by atoms with Crippen LogP contribution in [0.3, 0.4) is 0 Å². The number of nitrogens with one attached hydrogen (secondary N) is 1. The van der Waals surface area contributed by atoms with Crippen molar-refractivity contribution in [2.45, 2.75) is 18.4 Å².